The fourth-order valence-corrected chi connectivity index (χ4v) is 4.67. The number of rotatable bonds is 6. The van der Waals surface area contributed by atoms with Crippen molar-refractivity contribution in [1.82, 2.24) is 20.2 Å². The highest BCUT2D eigenvalue weighted by molar-refractivity contribution is 5.83. The molecule has 37 heavy (non-hydrogen) atoms. The summed E-state index contributed by atoms with van der Waals surface area (Å²) in [5.41, 5.74) is 3.17. The van der Waals surface area contributed by atoms with E-state index in [1.165, 1.54) is 0 Å². The molecule has 0 spiro atoms. The molecule has 1 N–H and O–H groups in total. The maximum Gasteiger partial charge on any atom is 0.237 e. The van der Waals surface area contributed by atoms with Gasteiger partial charge in [0, 0.05) is 55.2 Å². The Morgan fingerprint density at radius 3 is 2.86 bits per heavy atom. The lowest BCUT2D eigenvalue weighted by atomic mass is 9.98. The first-order valence-corrected chi connectivity index (χ1v) is 13.0. The molecule has 1 amide bonds. The molecule has 0 saturated carbocycles. The van der Waals surface area contributed by atoms with Gasteiger partial charge in [-0.3, -0.25) is 14.7 Å². The van der Waals surface area contributed by atoms with Crippen LogP contribution in [0.4, 0.5) is 5.69 Å². The number of fused-ring (bicyclic) bond motifs is 3. The normalized spacial score (nSPS) is 22.4. The highest BCUT2D eigenvalue weighted by Crippen LogP contribution is 2.40. The van der Waals surface area contributed by atoms with Gasteiger partial charge in [-0.15, -0.1) is 0 Å². The second-order valence-electron chi connectivity index (χ2n) is 9.48. The van der Waals surface area contributed by atoms with E-state index in [1.807, 2.05) is 32.2 Å². The number of likely N-dealkylation sites (N-methyl/N-ethyl adjacent to an activating group) is 1. The van der Waals surface area contributed by atoms with Gasteiger partial charge < -0.3 is 19.5 Å². The molecule has 198 valence electrons. The predicted octanol–water partition coefficient (Wildman–Crippen LogP) is 4.14. The van der Waals surface area contributed by atoms with E-state index in [4.69, 9.17) is 14.2 Å². The topological polar surface area (TPSA) is 98.2 Å². The van der Waals surface area contributed by atoms with Crippen LogP contribution in [0, 0.1) is 0 Å². The first-order valence-electron chi connectivity index (χ1n) is 13.0. The maximum atomic E-state index is 12.8. The molecule has 1 aromatic heterocycles. The molecule has 2 atom stereocenters. The number of nitrogens with one attached hydrogen (secondary N) is 1. The van der Waals surface area contributed by atoms with Gasteiger partial charge in [0.25, 0.3) is 0 Å². The summed E-state index contributed by atoms with van der Waals surface area (Å²) in [6.45, 7) is 10.6. The van der Waals surface area contributed by atoms with Gasteiger partial charge in [0.2, 0.25) is 5.91 Å². The first kappa shape index (κ1) is 26.8. The molecule has 3 heterocycles. The van der Waals surface area contributed by atoms with Gasteiger partial charge in [0.1, 0.15) is 18.5 Å². The Hall–Kier alpha value is -3.30. The second-order valence-corrected chi connectivity index (χ2v) is 9.48. The predicted molar refractivity (Wildman–Crippen MR) is 144 cm³/mol. The van der Waals surface area contributed by atoms with Crippen molar-refractivity contribution < 1.29 is 19.0 Å². The smallest absolute Gasteiger partial charge is 0.237 e. The van der Waals surface area contributed by atoms with E-state index in [9.17, 15) is 4.79 Å². The van der Waals surface area contributed by atoms with Crippen LogP contribution >= 0.6 is 0 Å². The zero-order valence-corrected chi connectivity index (χ0v) is 22.0. The second kappa shape index (κ2) is 12.8. The molecule has 0 aliphatic carbocycles. The van der Waals surface area contributed by atoms with Crippen molar-refractivity contribution in [3.05, 3.63) is 41.7 Å². The van der Waals surface area contributed by atoms with Gasteiger partial charge in [0.05, 0.1) is 24.1 Å². The van der Waals surface area contributed by atoms with Crippen LogP contribution in [0.2, 0.25) is 0 Å². The number of carbonyl (C=O) groups is 1. The number of benzene rings is 1. The lowest BCUT2D eigenvalue weighted by molar-refractivity contribution is -0.129. The number of carbonyl (C=O) groups excluding carboxylic acids is 1. The first-order chi connectivity index (χ1) is 18.0. The SMILES string of the molecule is C=Nc1ccc(-c2cnc(COCCC)nc2)c2c1/C=C(\C)O[C@H]1CCN(C)[C@@H](C1)C(=O)NCCCO2. The fourth-order valence-electron chi connectivity index (χ4n) is 4.67. The van der Waals surface area contributed by atoms with Gasteiger partial charge in [-0.05, 0) is 58.2 Å². The van der Waals surface area contributed by atoms with Crippen molar-refractivity contribution in [1.29, 1.82) is 0 Å². The van der Waals surface area contributed by atoms with Gasteiger partial charge in [-0.2, -0.15) is 0 Å². The Kier molecular flexibility index (Phi) is 9.24. The van der Waals surface area contributed by atoms with Crippen molar-refractivity contribution in [2.45, 2.75) is 58.3 Å². The van der Waals surface area contributed by atoms with Crippen molar-refractivity contribution in [2.24, 2.45) is 4.99 Å². The van der Waals surface area contributed by atoms with Crippen LogP contribution in [0.5, 0.6) is 5.75 Å². The molecule has 0 radical (unpaired) electrons. The third-order valence-corrected chi connectivity index (χ3v) is 6.63. The van der Waals surface area contributed by atoms with E-state index in [2.05, 4.69) is 38.8 Å². The third kappa shape index (κ3) is 6.72. The van der Waals surface area contributed by atoms with Gasteiger partial charge in [-0.1, -0.05) is 6.92 Å². The number of hydrogen-bond acceptors (Lipinski definition) is 8. The number of aliphatic imine (C=N–C) groups is 1. The Morgan fingerprint density at radius 1 is 1.30 bits per heavy atom. The summed E-state index contributed by atoms with van der Waals surface area (Å²) >= 11 is 0. The van der Waals surface area contributed by atoms with E-state index in [0.717, 1.165) is 41.8 Å². The Balaban J connectivity index is 1.68. The standard InChI is InChI=1S/C28H37N5O4/c1-5-12-35-18-26-31-16-20(17-32-26)22-7-8-24(29-3)23-14-19(2)37-21-9-11-33(4)25(15-21)28(34)30-10-6-13-36-27(22)23/h7-8,14,16-17,21,25H,3,5-6,9-13,15,18H2,1-2,4H3,(H,30,34)/b19-14+/t21-,25-/m0/s1. The number of allylic oxidation sites excluding steroid dienone is 1. The van der Waals surface area contributed by atoms with E-state index in [-0.39, 0.29) is 18.1 Å². The number of ether oxygens (including phenoxy) is 3. The average molecular weight is 508 g/mol. The Labute approximate surface area is 219 Å². The minimum absolute atomic E-state index is 0.0360. The van der Waals surface area contributed by atoms with Crippen molar-refractivity contribution in [3.8, 4) is 16.9 Å². The third-order valence-electron chi connectivity index (χ3n) is 6.63. The molecule has 4 rings (SSSR count). The summed E-state index contributed by atoms with van der Waals surface area (Å²) in [5.74, 6) is 2.07. The van der Waals surface area contributed by atoms with Crippen LogP contribution in [0.15, 0.2) is 35.3 Å². The molecular formula is C28H37N5O4. The molecule has 1 aromatic carbocycles. The summed E-state index contributed by atoms with van der Waals surface area (Å²) in [7, 11) is 1.99. The van der Waals surface area contributed by atoms with Crippen molar-refractivity contribution >= 4 is 24.4 Å². The quantitative estimate of drug-likeness (QED) is 0.463. The summed E-state index contributed by atoms with van der Waals surface area (Å²) < 4.78 is 18.2. The molecule has 2 aliphatic heterocycles. The number of likely N-dealkylation sites (tertiary alicyclic amines) is 1. The number of piperidine rings is 1. The maximum absolute atomic E-state index is 12.8. The van der Waals surface area contributed by atoms with E-state index < -0.39 is 0 Å². The summed E-state index contributed by atoms with van der Waals surface area (Å²) in [6, 6.07) is 3.67. The summed E-state index contributed by atoms with van der Waals surface area (Å²) in [5, 5.41) is 3.06. The lowest BCUT2D eigenvalue weighted by Gasteiger charge is -2.36. The molecule has 0 unspecified atom stereocenters. The number of amides is 1. The largest absolute Gasteiger partial charge is 0.495 e. The van der Waals surface area contributed by atoms with Crippen molar-refractivity contribution in [2.75, 3.05) is 33.4 Å². The monoisotopic (exact) mass is 507 g/mol. The average Bonchev–Trinajstić information content (AvgIpc) is 2.90. The summed E-state index contributed by atoms with van der Waals surface area (Å²) in [6.07, 6.45) is 8.60. The van der Waals surface area contributed by atoms with E-state index in [0.29, 0.717) is 56.5 Å². The molecule has 9 heteroatoms. The van der Waals surface area contributed by atoms with Crippen LogP contribution in [0.25, 0.3) is 17.2 Å². The summed E-state index contributed by atoms with van der Waals surface area (Å²) in [4.78, 5) is 28.1. The lowest BCUT2D eigenvalue weighted by Crippen LogP contribution is -2.51. The highest BCUT2D eigenvalue weighted by atomic mass is 16.5. The van der Waals surface area contributed by atoms with Gasteiger partial charge in [-0.25, -0.2) is 9.97 Å². The molecule has 2 aromatic rings. The van der Waals surface area contributed by atoms with E-state index in [1.54, 1.807) is 12.4 Å². The van der Waals surface area contributed by atoms with Gasteiger partial charge >= 0.3 is 0 Å². The Bertz CT molecular complexity index is 1120. The number of nitrogens with zero attached hydrogens (tertiary/aromatic N) is 4. The molecule has 2 bridgehead atoms. The van der Waals surface area contributed by atoms with Gasteiger partial charge in [0.15, 0.2) is 5.82 Å². The minimum Gasteiger partial charge on any atom is -0.495 e. The van der Waals surface area contributed by atoms with Crippen LogP contribution in [0.1, 0.15) is 50.9 Å². The van der Waals surface area contributed by atoms with Crippen molar-refractivity contribution in [3.63, 3.8) is 0 Å². The highest BCUT2D eigenvalue weighted by Gasteiger charge is 2.32. The van der Waals surface area contributed by atoms with Crippen LogP contribution in [-0.4, -0.2) is 73.0 Å². The zero-order chi connectivity index (χ0) is 26.2. The van der Waals surface area contributed by atoms with Crippen LogP contribution < -0.4 is 10.1 Å². The fraction of sp³-hybridized carbons (Fsp3) is 0.500. The molecule has 1 saturated heterocycles. The van der Waals surface area contributed by atoms with E-state index >= 15 is 0 Å². The molecule has 1 fully saturated rings. The minimum atomic E-state index is -0.199. The molecule has 2 aliphatic rings. The number of aromatic nitrogens is 2. The number of hydrogen-bond donors (Lipinski definition) is 1. The molecular weight excluding hydrogens is 470 g/mol. The van der Waals surface area contributed by atoms with Crippen LogP contribution in [-0.2, 0) is 20.9 Å². The zero-order valence-electron chi connectivity index (χ0n) is 22.0. The Morgan fingerprint density at radius 2 is 2.11 bits per heavy atom. The molecule has 9 nitrogen and oxygen atoms in total. The van der Waals surface area contributed by atoms with Crippen LogP contribution in [0.3, 0.4) is 0 Å².